The second-order valence-electron chi connectivity index (χ2n) is 5.20. The van der Waals surface area contributed by atoms with Crippen molar-refractivity contribution in [2.45, 2.75) is 43.9 Å². The molecule has 2 N–H and O–H groups in total. The van der Waals surface area contributed by atoms with Crippen molar-refractivity contribution in [2.24, 2.45) is 5.14 Å². The molecule has 0 unspecified atom stereocenters. The predicted molar refractivity (Wildman–Crippen MR) is 84.1 cm³/mol. The highest BCUT2D eigenvalue weighted by molar-refractivity contribution is 7.95. The number of allylic oxidation sites excluding steroid dienone is 1. The van der Waals surface area contributed by atoms with Gasteiger partial charge in [-0.15, -0.1) is 0 Å². The van der Waals surface area contributed by atoms with E-state index in [0.717, 1.165) is 25.7 Å². The van der Waals surface area contributed by atoms with Gasteiger partial charge in [-0.3, -0.25) is 0 Å². The third-order valence-electron chi connectivity index (χ3n) is 3.43. The zero-order chi connectivity index (χ0) is 16.4. The molecule has 0 amide bonds. The highest BCUT2D eigenvalue weighted by Crippen LogP contribution is 2.37. The third-order valence-corrected chi connectivity index (χ3v) is 5.79. The van der Waals surface area contributed by atoms with Gasteiger partial charge >= 0.3 is 10.3 Å². The van der Waals surface area contributed by atoms with Crippen molar-refractivity contribution in [3.63, 3.8) is 0 Å². The summed E-state index contributed by atoms with van der Waals surface area (Å²) < 4.78 is 51.3. The number of sulfone groups is 1. The summed E-state index contributed by atoms with van der Waals surface area (Å²) in [7, 11) is -7.74. The molecule has 0 aliphatic carbocycles. The number of hydrogen-bond donors (Lipinski definition) is 1. The third kappa shape index (κ3) is 3.88. The highest BCUT2D eigenvalue weighted by atomic mass is 32.2. The predicted octanol–water partition coefficient (Wildman–Crippen LogP) is 2.37. The molecular formula is C14H19NO5S2. The minimum absolute atomic E-state index is 0.0686. The fraction of sp³-hybridized carbons (Fsp3) is 0.429. The standard InChI is InChI=1S/C14H19NO5S2/c1-2-3-4-5-6-13-9-11-7-8-12(20-22(15,18)19)10-14(11)21(13,16)17/h7-10H,2-6H2,1H3,(H2,15,18,19). The molecule has 1 aliphatic heterocycles. The maximum Gasteiger partial charge on any atom is 0.380 e. The van der Waals surface area contributed by atoms with Crippen LogP contribution < -0.4 is 9.32 Å². The quantitative estimate of drug-likeness (QED) is 0.764. The summed E-state index contributed by atoms with van der Waals surface area (Å²) in [5.41, 5.74) is 0.548. The summed E-state index contributed by atoms with van der Waals surface area (Å²) >= 11 is 0. The van der Waals surface area contributed by atoms with Crippen LogP contribution in [0.15, 0.2) is 28.0 Å². The Kier molecular flexibility index (Phi) is 4.93. The average Bonchev–Trinajstić information content (AvgIpc) is 2.65. The zero-order valence-corrected chi connectivity index (χ0v) is 13.9. The summed E-state index contributed by atoms with van der Waals surface area (Å²) in [6.45, 7) is 2.09. The summed E-state index contributed by atoms with van der Waals surface area (Å²) in [6, 6.07) is 4.10. The Balaban J connectivity index is 2.21. The van der Waals surface area contributed by atoms with Crippen LogP contribution in [0.4, 0.5) is 0 Å². The molecule has 0 atom stereocenters. The number of rotatable bonds is 7. The van der Waals surface area contributed by atoms with E-state index in [1.165, 1.54) is 18.2 Å². The summed E-state index contributed by atoms with van der Waals surface area (Å²) in [5, 5.41) is 4.79. The zero-order valence-electron chi connectivity index (χ0n) is 12.3. The van der Waals surface area contributed by atoms with Gasteiger partial charge in [0.25, 0.3) is 0 Å². The molecule has 0 fully saturated rings. The van der Waals surface area contributed by atoms with E-state index in [0.29, 0.717) is 16.9 Å². The first-order chi connectivity index (χ1) is 10.2. The van der Waals surface area contributed by atoms with Crippen molar-refractivity contribution >= 4 is 26.2 Å². The molecule has 0 saturated heterocycles. The number of fused-ring (bicyclic) bond motifs is 1. The minimum Gasteiger partial charge on any atom is -0.371 e. The van der Waals surface area contributed by atoms with Crippen molar-refractivity contribution < 1.29 is 21.0 Å². The number of nitrogens with two attached hydrogens (primary N) is 1. The lowest BCUT2D eigenvalue weighted by Crippen LogP contribution is -2.19. The van der Waals surface area contributed by atoms with Gasteiger partial charge in [-0.1, -0.05) is 26.2 Å². The first kappa shape index (κ1) is 17.0. The molecule has 0 saturated carbocycles. The van der Waals surface area contributed by atoms with Crippen LogP contribution in [0.1, 0.15) is 44.6 Å². The Bertz CT molecular complexity index is 795. The molecule has 122 valence electrons. The van der Waals surface area contributed by atoms with Crippen molar-refractivity contribution in [1.29, 1.82) is 0 Å². The van der Waals surface area contributed by atoms with Gasteiger partial charge in [-0.2, -0.15) is 13.6 Å². The van der Waals surface area contributed by atoms with E-state index < -0.39 is 20.1 Å². The van der Waals surface area contributed by atoms with Crippen molar-refractivity contribution in [1.82, 2.24) is 0 Å². The maximum atomic E-state index is 12.5. The average molecular weight is 345 g/mol. The molecule has 6 nitrogen and oxygen atoms in total. The van der Waals surface area contributed by atoms with Gasteiger partial charge in [-0.05, 0) is 36.6 Å². The van der Waals surface area contributed by atoms with E-state index >= 15 is 0 Å². The second-order valence-corrected chi connectivity index (χ2v) is 8.32. The number of hydrogen-bond acceptors (Lipinski definition) is 5. The van der Waals surface area contributed by atoms with Crippen molar-refractivity contribution in [3.8, 4) is 5.75 Å². The molecule has 0 aromatic heterocycles. The first-order valence-electron chi connectivity index (χ1n) is 7.06. The Morgan fingerprint density at radius 2 is 1.91 bits per heavy atom. The van der Waals surface area contributed by atoms with Gasteiger partial charge in [0, 0.05) is 11.0 Å². The Morgan fingerprint density at radius 3 is 2.55 bits per heavy atom. The lowest BCUT2D eigenvalue weighted by Gasteiger charge is -2.06. The largest absolute Gasteiger partial charge is 0.380 e. The molecular weight excluding hydrogens is 326 g/mol. The van der Waals surface area contributed by atoms with Crippen LogP contribution in [0.25, 0.3) is 6.08 Å². The minimum atomic E-state index is -4.18. The van der Waals surface area contributed by atoms with E-state index in [4.69, 9.17) is 5.14 Å². The van der Waals surface area contributed by atoms with E-state index in [-0.39, 0.29) is 10.6 Å². The number of benzene rings is 1. The molecule has 8 heteroatoms. The van der Waals surface area contributed by atoms with E-state index in [1.807, 2.05) is 0 Å². The van der Waals surface area contributed by atoms with Crippen LogP contribution in [0, 0.1) is 0 Å². The van der Waals surface area contributed by atoms with Crippen LogP contribution in [-0.4, -0.2) is 16.8 Å². The molecule has 0 radical (unpaired) electrons. The van der Waals surface area contributed by atoms with Gasteiger partial charge in [0.15, 0.2) is 0 Å². The normalized spacial score (nSPS) is 16.2. The summed E-state index contributed by atoms with van der Waals surface area (Å²) in [4.78, 5) is 0.436. The van der Waals surface area contributed by atoms with Gasteiger partial charge < -0.3 is 4.18 Å². The lowest BCUT2D eigenvalue weighted by molar-refractivity contribution is 0.486. The van der Waals surface area contributed by atoms with Gasteiger partial charge in [0.2, 0.25) is 9.84 Å². The maximum absolute atomic E-state index is 12.5. The summed E-state index contributed by atoms with van der Waals surface area (Å²) in [5.74, 6) is -0.106. The van der Waals surface area contributed by atoms with Crippen LogP contribution in [0.2, 0.25) is 0 Å². The molecule has 1 heterocycles. The highest BCUT2D eigenvalue weighted by Gasteiger charge is 2.29. The first-order valence-corrected chi connectivity index (χ1v) is 10.0. The molecule has 1 aromatic rings. The Morgan fingerprint density at radius 1 is 1.18 bits per heavy atom. The van der Waals surface area contributed by atoms with E-state index in [9.17, 15) is 16.8 Å². The fourth-order valence-corrected chi connectivity index (χ4v) is 4.44. The summed E-state index contributed by atoms with van der Waals surface area (Å²) in [6.07, 6.45) is 6.08. The topological polar surface area (TPSA) is 104 Å². The molecule has 0 spiro atoms. The molecule has 2 rings (SSSR count). The molecule has 1 aromatic carbocycles. The van der Waals surface area contributed by atoms with Crippen LogP contribution in [0.5, 0.6) is 5.75 Å². The van der Waals surface area contributed by atoms with Gasteiger partial charge in [0.05, 0.1) is 4.90 Å². The van der Waals surface area contributed by atoms with Gasteiger partial charge in [0.1, 0.15) is 5.75 Å². The molecule has 1 aliphatic rings. The fourth-order valence-electron chi connectivity index (χ4n) is 2.38. The van der Waals surface area contributed by atoms with Crippen LogP contribution in [-0.2, 0) is 20.1 Å². The van der Waals surface area contributed by atoms with Crippen molar-refractivity contribution in [2.75, 3.05) is 0 Å². The van der Waals surface area contributed by atoms with Crippen molar-refractivity contribution in [3.05, 3.63) is 28.7 Å². The van der Waals surface area contributed by atoms with Crippen LogP contribution >= 0.6 is 0 Å². The SMILES string of the molecule is CCCCCCC1=Cc2ccc(OS(N)(=O)=O)cc2S1(=O)=O. The second kappa shape index (κ2) is 6.39. The van der Waals surface area contributed by atoms with E-state index in [2.05, 4.69) is 11.1 Å². The number of unbranched alkanes of at least 4 members (excludes halogenated alkanes) is 3. The monoisotopic (exact) mass is 345 g/mol. The smallest absolute Gasteiger partial charge is 0.371 e. The van der Waals surface area contributed by atoms with Crippen LogP contribution in [0.3, 0.4) is 0 Å². The van der Waals surface area contributed by atoms with E-state index in [1.54, 1.807) is 6.08 Å². The molecule has 22 heavy (non-hydrogen) atoms. The Hall–Kier alpha value is -1.38. The Labute approximate surface area is 131 Å². The van der Waals surface area contributed by atoms with Gasteiger partial charge in [-0.25, -0.2) is 8.42 Å². The molecule has 0 bridgehead atoms. The lowest BCUT2D eigenvalue weighted by atomic mass is 10.1.